The van der Waals surface area contributed by atoms with Gasteiger partial charge in [-0.05, 0) is 55.4 Å². The number of nitrogens with one attached hydrogen (secondary N) is 1. The van der Waals surface area contributed by atoms with Crippen molar-refractivity contribution in [3.8, 4) is 0 Å². The first-order chi connectivity index (χ1) is 19.5. The van der Waals surface area contributed by atoms with Crippen molar-refractivity contribution < 1.29 is 9.59 Å². The lowest BCUT2D eigenvalue weighted by molar-refractivity contribution is -0.161. The molecule has 2 amide bonds. The van der Waals surface area contributed by atoms with E-state index in [1.54, 1.807) is 17.0 Å². The van der Waals surface area contributed by atoms with E-state index in [0.717, 1.165) is 54.0 Å². The Kier molecular flexibility index (Phi) is 7.05. The van der Waals surface area contributed by atoms with Crippen LogP contribution in [-0.2, 0) is 16.0 Å². The van der Waals surface area contributed by atoms with Gasteiger partial charge >= 0.3 is 0 Å². The monoisotopic (exact) mass is 578 g/mol. The van der Waals surface area contributed by atoms with Crippen LogP contribution in [0.15, 0.2) is 42.5 Å². The van der Waals surface area contributed by atoms with Gasteiger partial charge in [0.1, 0.15) is 18.6 Å². The van der Waals surface area contributed by atoms with Crippen LogP contribution in [0, 0.1) is 5.92 Å². The van der Waals surface area contributed by atoms with E-state index in [1.807, 2.05) is 29.2 Å². The van der Waals surface area contributed by atoms with Crippen LogP contribution in [0.1, 0.15) is 67.8 Å². The molecule has 1 aliphatic carbocycles. The predicted octanol–water partition coefficient (Wildman–Crippen LogP) is 6.20. The SMILES string of the molecule is O=C1[C@H]2Cc3c([nH]c4ccccc34)[C@@H](c3c(Cl)cccc3Cl)N2C(=O)CN1C1CCN(CC2CCCCC2)CC1. The van der Waals surface area contributed by atoms with Crippen LogP contribution >= 0.6 is 23.2 Å². The highest BCUT2D eigenvalue weighted by Gasteiger charge is 2.50. The molecule has 1 saturated carbocycles. The number of para-hydroxylation sites is 1. The Labute approximate surface area is 245 Å². The van der Waals surface area contributed by atoms with Crippen LogP contribution in [0.5, 0.6) is 0 Å². The Bertz CT molecular complexity index is 1420. The molecule has 1 aromatic heterocycles. The Hall–Kier alpha value is -2.54. The summed E-state index contributed by atoms with van der Waals surface area (Å²) in [7, 11) is 0. The molecule has 3 fully saturated rings. The molecule has 4 aliphatic rings. The largest absolute Gasteiger partial charge is 0.356 e. The van der Waals surface area contributed by atoms with Gasteiger partial charge in [-0.25, -0.2) is 0 Å². The van der Waals surface area contributed by atoms with E-state index in [9.17, 15) is 9.59 Å². The van der Waals surface area contributed by atoms with E-state index in [4.69, 9.17) is 23.2 Å². The number of hydrogen-bond donors (Lipinski definition) is 1. The molecule has 1 N–H and O–H groups in total. The molecule has 2 saturated heterocycles. The van der Waals surface area contributed by atoms with Gasteiger partial charge in [-0.15, -0.1) is 0 Å². The summed E-state index contributed by atoms with van der Waals surface area (Å²) < 4.78 is 0. The molecule has 6 nitrogen and oxygen atoms in total. The number of carbonyl (C=O) groups excluding carboxylic acids is 2. The van der Waals surface area contributed by atoms with Gasteiger partial charge in [0.15, 0.2) is 0 Å². The molecule has 0 radical (unpaired) electrons. The number of fused-ring (bicyclic) bond motifs is 4. The Morgan fingerprint density at radius 3 is 2.35 bits per heavy atom. The van der Waals surface area contributed by atoms with Crippen LogP contribution in [0.3, 0.4) is 0 Å². The number of piperazine rings is 1. The molecule has 0 spiro atoms. The quantitative estimate of drug-likeness (QED) is 0.400. The van der Waals surface area contributed by atoms with Crippen LogP contribution < -0.4 is 0 Å². The first-order valence-electron chi connectivity index (χ1n) is 14.9. The van der Waals surface area contributed by atoms with Gasteiger partial charge in [-0.3, -0.25) is 9.59 Å². The van der Waals surface area contributed by atoms with Gasteiger partial charge in [0.25, 0.3) is 0 Å². The average Bonchev–Trinajstić information content (AvgIpc) is 3.34. The maximum absolute atomic E-state index is 14.3. The molecule has 3 aromatic rings. The van der Waals surface area contributed by atoms with E-state index in [1.165, 1.54) is 38.6 Å². The number of likely N-dealkylation sites (tertiary alicyclic amines) is 1. The van der Waals surface area contributed by atoms with E-state index >= 15 is 0 Å². The number of halogens is 2. The second-order valence-corrected chi connectivity index (χ2v) is 12.9. The van der Waals surface area contributed by atoms with E-state index in [2.05, 4.69) is 16.0 Å². The molecule has 2 aromatic carbocycles. The fourth-order valence-corrected chi connectivity index (χ4v) is 8.42. The Morgan fingerprint density at radius 1 is 0.875 bits per heavy atom. The Balaban J connectivity index is 1.18. The number of aromatic amines is 1. The third kappa shape index (κ3) is 4.53. The second-order valence-electron chi connectivity index (χ2n) is 12.1. The number of rotatable bonds is 4. The Morgan fingerprint density at radius 2 is 1.60 bits per heavy atom. The number of hydrogen-bond acceptors (Lipinski definition) is 3. The first kappa shape index (κ1) is 26.4. The number of benzene rings is 2. The highest BCUT2D eigenvalue weighted by molar-refractivity contribution is 6.36. The third-order valence-corrected chi connectivity index (χ3v) is 10.5. The molecule has 0 bridgehead atoms. The minimum absolute atomic E-state index is 0.0421. The van der Waals surface area contributed by atoms with Gasteiger partial charge in [0, 0.05) is 64.3 Å². The molecular weight excluding hydrogens is 543 g/mol. The van der Waals surface area contributed by atoms with Crippen molar-refractivity contribution in [2.75, 3.05) is 26.2 Å². The van der Waals surface area contributed by atoms with Crippen LogP contribution in [0.2, 0.25) is 10.0 Å². The van der Waals surface area contributed by atoms with Gasteiger partial charge in [0.2, 0.25) is 11.8 Å². The van der Waals surface area contributed by atoms with Gasteiger partial charge in [0.05, 0.1) is 0 Å². The smallest absolute Gasteiger partial charge is 0.246 e. The maximum atomic E-state index is 14.3. The lowest BCUT2D eigenvalue weighted by Gasteiger charge is -2.50. The average molecular weight is 580 g/mol. The summed E-state index contributed by atoms with van der Waals surface area (Å²) in [5.41, 5.74) is 3.64. The van der Waals surface area contributed by atoms with Crippen molar-refractivity contribution in [2.24, 2.45) is 5.92 Å². The summed E-state index contributed by atoms with van der Waals surface area (Å²) in [6.07, 6.45) is 9.15. The highest BCUT2D eigenvalue weighted by Crippen LogP contribution is 2.46. The van der Waals surface area contributed by atoms with Gasteiger partial charge in [-0.2, -0.15) is 0 Å². The second kappa shape index (κ2) is 10.7. The first-order valence-corrected chi connectivity index (χ1v) is 15.6. The van der Waals surface area contributed by atoms with Crippen molar-refractivity contribution in [2.45, 2.75) is 69.5 Å². The molecule has 210 valence electrons. The minimum atomic E-state index is -0.578. The lowest BCUT2D eigenvalue weighted by atomic mass is 9.85. The van der Waals surface area contributed by atoms with E-state index in [0.29, 0.717) is 22.0 Å². The summed E-state index contributed by atoms with van der Waals surface area (Å²) in [4.78, 5) is 38.1. The van der Waals surface area contributed by atoms with Gasteiger partial charge < -0.3 is 19.7 Å². The molecular formula is C32H36Cl2N4O2. The zero-order valence-electron chi connectivity index (χ0n) is 22.8. The minimum Gasteiger partial charge on any atom is -0.356 e. The molecule has 7 rings (SSSR count). The van der Waals surface area contributed by atoms with Crippen molar-refractivity contribution in [3.05, 3.63) is 69.3 Å². The number of H-pyrrole nitrogens is 1. The van der Waals surface area contributed by atoms with E-state index in [-0.39, 0.29) is 24.4 Å². The number of amides is 2. The molecule has 40 heavy (non-hydrogen) atoms. The highest BCUT2D eigenvalue weighted by atomic mass is 35.5. The maximum Gasteiger partial charge on any atom is 0.246 e. The standard InChI is InChI=1S/C32H36Cl2N4O2/c33-24-10-6-11-25(34)29(24)31-30-23(22-9-4-5-12-26(22)35-30)17-27-32(40)37(19-28(39)38(27)31)21-13-15-36(16-14-21)18-20-7-2-1-3-8-20/h4-6,9-12,20-21,27,31,35H,1-3,7-8,13-19H2/t27-,31-/m1/s1. The zero-order chi connectivity index (χ0) is 27.4. The lowest BCUT2D eigenvalue weighted by Crippen LogP contribution is -2.65. The molecule has 4 heterocycles. The number of piperidine rings is 1. The van der Waals surface area contributed by atoms with Crippen LogP contribution in [0.4, 0.5) is 0 Å². The zero-order valence-corrected chi connectivity index (χ0v) is 24.3. The van der Waals surface area contributed by atoms with Gasteiger partial charge in [-0.1, -0.05) is 66.7 Å². The topological polar surface area (TPSA) is 59.7 Å². The van der Waals surface area contributed by atoms with Crippen molar-refractivity contribution in [3.63, 3.8) is 0 Å². The summed E-state index contributed by atoms with van der Waals surface area (Å²) in [6, 6.07) is 12.5. The summed E-state index contributed by atoms with van der Waals surface area (Å²) in [6.45, 7) is 3.28. The third-order valence-electron chi connectivity index (χ3n) is 9.81. The molecule has 8 heteroatoms. The summed E-state index contributed by atoms with van der Waals surface area (Å²) >= 11 is 13.5. The number of aromatic nitrogens is 1. The predicted molar refractivity (Wildman–Crippen MR) is 159 cm³/mol. The summed E-state index contributed by atoms with van der Waals surface area (Å²) in [5.74, 6) is 0.826. The number of carbonyl (C=O) groups is 2. The fraction of sp³-hybridized carbons (Fsp3) is 0.500. The summed E-state index contributed by atoms with van der Waals surface area (Å²) in [5, 5.41) is 2.07. The normalized spacial score (nSPS) is 24.9. The van der Waals surface area contributed by atoms with E-state index < -0.39 is 12.1 Å². The molecule has 2 atom stereocenters. The van der Waals surface area contributed by atoms with Crippen molar-refractivity contribution >= 4 is 45.9 Å². The van der Waals surface area contributed by atoms with Crippen LogP contribution in [-0.4, -0.2) is 69.8 Å². The number of nitrogens with zero attached hydrogens (tertiary/aromatic N) is 3. The molecule has 0 unspecified atom stereocenters. The molecule has 3 aliphatic heterocycles. The fourth-order valence-electron chi connectivity index (χ4n) is 7.82. The van der Waals surface area contributed by atoms with Crippen molar-refractivity contribution in [1.29, 1.82) is 0 Å². The van der Waals surface area contributed by atoms with Crippen LogP contribution in [0.25, 0.3) is 10.9 Å². The van der Waals surface area contributed by atoms with Crippen molar-refractivity contribution in [1.82, 2.24) is 19.7 Å².